The summed E-state index contributed by atoms with van der Waals surface area (Å²) >= 11 is 0. The summed E-state index contributed by atoms with van der Waals surface area (Å²) in [4.78, 5) is 11.7. The number of carbonyl (C=O) groups excluding carboxylic acids is 1. The van der Waals surface area contributed by atoms with Crippen LogP contribution in [0, 0.1) is 5.92 Å². The van der Waals surface area contributed by atoms with Crippen LogP contribution in [0.15, 0.2) is 0 Å². The Kier molecular flexibility index (Phi) is 6.42. The molecular weight excluding hydrogens is 204 g/mol. The monoisotopic (exact) mass is 228 g/mol. The first kappa shape index (κ1) is 13.5. The summed E-state index contributed by atoms with van der Waals surface area (Å²) in [5, 5.41) is 15.0. The molecule has 0 radical (unpaired) electrons. The Bertz CT molecular complexity index is 201. The minimum atomic E-state index is -0.325. The molecule has 1 saturated carbocycles. The van der Waals surface area contributed by atoms with E-state index in [1.165, 1.54) is 19.3 Å². The second kappa shape index (κ2) is 7.63. The number of hydrogen-bond donors (Lipinski definition) is 3. The number of hydrogen-bond acceptors (Lipinski definition) is 3. The van der Waals surface area contributed by atoms with Crippen LogP contribution in [-0.4, -0.2) is 36.8 Å². The van der Waals surface area contributed by atoms with E-state index in [4.69, 9.17) is 5.11 Å². The van der Waals surface area contributed by atoms with Gasteiger partial charge in [0.25, 0.3) is 0 Å². The fourth-order valence-corrected chi connectivity index (χ4v) is 2.09. The van der Waals surface area contributed by atoms with E-state index in [9.17, 15) is 4.79 Å². The lowest BCUT2D eigenvalue weighted by molar-refractivity contribution is -0.125. The molecule has 1 atom stereocenters. The number of carbonyl (C=O) groups is 1. The van der Waals surface area contributed by atoms with Gasteiger partial charge < -0.3 is 15.7 Å². The van der Waals surface area contributed by atoms with Gasteiger partial charge in [-0.25, -0.2) is 0 Å². The maximum atomic E-state index is 11.7. The van der Waals surface area contributed by atoms with Gasteiger partial charge in [0.1, 0.15) is 0 Å². The molecule has 0 aromatic heterocycles. The van der Waals surface area contributed by atoms with E-state index in [2.05, 4.69) is 10.6 Å². The Labute approximate surface area is 97.8 Å². The van der Waals surface area contributed by atoms with Crippen molar-refractivity contribution < 1.29 is 9.90 Å². The summed E-state index contributed by atoms with van der Waals surface area (Å²) in [6, 6.07) is 0. The lowest BCUT2D eigenvalue weighted by Crippen LogP contribution is -2.37. The highest BCUT2D eigenvalue weighted by molar-refractivity contribution is 5.78. The first-order valence-corrected chi connectivity index (χ1v) is 6.36. The van der Waals surface area contributed by atoms with E-state index in [1.54, 1.807) is 6.92 Å². The fourth-order valence-electron chi connectivity index (χ4n) is 2.09. The second-order valence-corrected chi connectivity index (χ2v) is 4.68. The Hall–Kier alpha value is -0.610. The molecule has 0 heterocycles. The van der Waals surface area contributed by atoms with E-state index < -0.39 is 0 Å². The van der Waals surface area contributed by atoms with Gasteiger partial charge in [-0.1, -0.05) is 19.3 Å². The van der Waals surface area contributed by atoms with Crippen LogP contribution in [0.4, 0.5) is 0 Å². The van der Waals surface area contributed by atoms with Crippen LogP contribution in [0.5, 0.6) is 0 Å². The molecule has 1 aliphatic carbocycles. The third-order valence-electron chi connectivity index (χ3n) is 3.02. The molecule has 4 heteroatoms. The summed E-state index contributed by atoms with van der Waals surface area (Å²) in [6.07, 6.45) is 5.44. The Morgan fingerprint density at radius 1 is 1.31 bits per heavy atom. The molecule has 0 aliphatic heterocycles. The largest absolute Gasteiger partial charge is 0.392 e. The van der Waals surface area contributed by atoms with E-state index in [-0.39, 0.29) is 17.9 Å². The number of nitrogens with one attached hydrogen (secondary N) is 2. The van der Waals surface area contributed by atoms with Gasteiger partial charge in [0.15, 0.2) is 0 Å². The summed E-state index contributed by atoms with van der Waals surface area (Å²) < 4.78 is 0. The highest BCUT2D eigenvalue weighted by atomic mass is 16.3. The summed E-state index contributed by atoms with van der Waals surface area (Å²) in [5.74, 6) is 0.448. The lowest BCUT2D eigenvalue weighted by atomic mass is 9.89. The number of amides is 1. The smallest absolute Gasteiger partial charge is 0.223 e. The first-order chi connectivity index (χ1) is 7.70. The third-order valence-corrected chi connectivity index (χ3v) is 3.02. The normalized spacial score (nSPS) is 19.4. The Morgan fingerprint density at radius 3 is 2.62 bits per heavy atom. The van der Waals surface area contributed by atoms with E-state index >= 15 is 0 Å². The molecule has 1 aliphatic rings. The maximum Gasteiger partial charge on any atom is 0.223 e. The van der Waals surface area contributed by atoms with Crippen molar-refractivity contribution in [3.8, 4) is 0 Å². The molecule has 0 aromatic rings. The molecular formula is C12H24N2O2. The molecule has 1 rings (SSSR count). The molecule has 1 amide bonds. The molecule has 16 heavy (non-hydrogen) atoms. The van der Waals surface area contributed by atoms with Crippen molar-refractivity contribution in [1.29, 1.82) is 0 Å². The first-order valence-electron chi connectivity index (χ1n) is 6.36. The fraction of sp³-hybridized carbons (Fsp3) is 0.917. The van der Waals surface area contributed by atoms with Crippen LogP contribution in [0.1, 0.15) is 39.0 Å². The lowest BCUT2D eigenvalue weighted by Gasteiger charge is -2.20. The molecule has 0 bridgehead atoms. The zero-order valence-electron chi connectivity index (χ0n) is 10.2. The standard InChI is InChI=1S/C12H24N2O2/c1-10(15)9-13-7-8-14-12(16)11-5-3-2-4-6-11/h10-11,13,15H,2-9H2,1H3,(H,14,16). The van der Waals surface area contributed by atoms with Crippen molar-refractivity contribution in [1.82, 2.24) is 10.6 Å². The third kappa shape index (κ3) is 5.47. The minimum Gasteiger partial charge on any atom is -0.392 e. The highest BCUT2D eigenvalue weighted by Gasteiger charge is 2.20. The van der Waals surface area contributed by atoms with Crippen molar-refractivity contribution in [3.63, 3.8) is 0 Å². The van der Waals surface area contributed by atoms with Crippen molar-refractivity contribution >= 4 is 5.91 Å². The van der Waals surface area contributed by atoms with E-state index in [1.807, 2.05) is 0 Å². The summed E-state index contributed by atoms with van der Waals surface area (Å²) in [5.41, 5.74) is 0. The maximum absolute atomic E-state index is 11.7. The van der Waals surface area contributed by atoms with E-state index in [0.717, 1.165) is 19.4 Å². The quantitative estimate of drug-likeness (QED) is 0.585. The van der Waals surface area contributed by atoms with Crippen molar-refractivity contribution in [2.75, 3.05) is 19.6 Å². The van der Waals surface area contributed by atoms with Crippen LogP contribution in [-0.2, 0) is 4.79 Å². The van der Waals surface area contributed by atoms with E-state index in [0.29, 0.717) is 13.1 Å². The average molecular weight is 228 g/mol. The van der Waals surface area contributed by atoms with Gasteiger partial charge in [-0.2, -0.15) is 0 Å². The van der Waals surface area contributed by atoms with Crippen LogP contribution in [0.25, 0.3) is 0 Å². The van der Waals surface area contributed by atoms with Gasteiger partial charge in [0.2, 0.25) is 5.91 Å². The molecule has 0 aromatic carbocycles. The molecule has 0 saturated heterocycles. The zero-order chi connectivity index (χ0) is 11.8. The minimum absolute atomic E-state index is 0.207. The molecule has 3 N–H and O–H groups in total. The van der Waals surface area contributed by atoms with Gasteiger partial charge in [-0.05, 0) is 19.8 Å². The number of aliphatic hydroxyl groups is 1. The molecule has 1 fully saturated rings. The average Bonchev–Trinajstić information content (AvgIpc) is 2.29. The van der Waals surface area contributed by atoms with Gasteiger partial charge in [-0.15, -0.1) is 0 Å². The van der Waals surface area contributed by atoms with Gasteiger partial charge in [-0.3, -0.25) is 4.79 Å². The molecule has 94 valence electrons. The SMILES string of the molecule is CC(O)CNCCNC(=O)C1CCCCC1. The van der Waals surface area contributed by atoms with Crippen LogP contribution >= 0.6 is 0 Å². The van der Waals surface area contributed by atoms with Crippen molar-refractivity contribution in [2.45, 2.75) is 45.1 Å². The number of rotatable bonds is 6. The Morgan fingerprint density at radius 2 is 2.00 bits per heavy atom. The van der Waals surface area contributed by atoms with Crippen molar-refractivity contribution in [3.05, 3.63) is 0 Å². The topological polar surface area (TPSA) is 61.4 Å². The predicted octanol–water partition coefficient (Wildman–Crippen LogP) is 0.653. The van der Waals surface area contributed by atoms with Gasteiger partial charge in [0, 0.05) is 25.6 Å². The number of aliphatic hydroxyl groups excluding tert-OH is 1. The second-order valence-electron chi connectivity index (χ2n) is 4.68. The molecule has 1 unspecified atom stereocenters. The van der Waals surface area contributed by atoms with Crippen LogP contribution in [0.2, 0.25) is 0 Å². The van der Waals surface area contributed by atoms with Crippen LogP contribution in [0.3, 0.4) is 0 Å². The molecule has 4 nitrogen and oxygen atoms in total. The summed E-state index contributed by atoms with van der Waals surface area (Å²) in [6.45, 7) is 3.71. The van der Waals surface area contributed by atoms with Crippen molar-refractivity contribution in [2.24, 2.45) is 5.92 Å². The molecule has 0 spiro atoms. The zero-order valence-corrected chi connectivity index (χ0v) is 10.2. The van der Waals surface area contributed by atoms with Crippen LogP contribution < -0.4 is 10.6 Å². The van der Waals surface area contributed by atoms with Gasteiger partial charge in [0.05, 0.1) is 6.10 Å². The highest BCUT2D eigenvalue weighted by Crippen LogP contribution is 2.23. The predicted molar refractivity (Wildman–Crippen MR) is 64.1 cm³/mol. The summed E-state index contributed by atoms with van der Waals surface area (Å²) in [7, 11) is 0. The van der Waals surface area contributed by atoms with Gasteiger partial charge >= 0.3 is 0 Å². The Balaban J connectivity index is 2.01.